The summed E-state index contributed by atoms with van der Waals surface area (Å²) < 4.78 is 0. The van der Waals surface area contributed by atoms with E-state index in [1.807, 2.05) is 18.2 Å². The maximum Gasteiger partial charge on any atom is 0.311 e. The summed E-state index contributed by atoms with van der Waals surface area (Å²) in [4.78, 5) is 11.2. The van der Waals surface area contributed by atoms with Crippen molar-refractivity contribution in [1.82, 2.24) is 0 Å². The second kappa shape index (κ2) is 3.67. The molecule has 1 aliphatic rings. The van der Waals surface area contributed by atoms with Crippen LogP contribution in [0, 0.1) is 5.41 Å². The third-order valence-electron chi connectivity index (χ3n) is 3.24. The van der Waals surface area contributed by atoms with Crippen LogP contribution >= 0.6 is 11.6 Å². The van der Waals surface area contributed by atoms with Gasteiger partial charge in [-0.05, 0) is 44.0 Å². The van der Waals surface area contributed by atoms with Gasteiger partial charge in [-0.1, -0.05) is 11.6 Å². The molecule has 0 aliphatic carbocycles. The smallest absolute Gasteiger partial charge is 0.311 e. The van der Waals surface area contributed by atoms with E-state index >= 15 is 0 Å². The summed E-state index contributed by atoms with van der Waals surface area (Å²) in [5.41, 5.74) is 1.29. The first-order chi connectivity index (χ1) is 7.41. The second-order valence-corrected chi connectivity index (χ2v) is 5.17. The monoisotopic (exact) mass is 239 g/mol. The van der Waals surface area contributed by atoms with Gasteiger partial charge in [0.15, 0.2) is 0 Å². The van der Waals surface area contributed by atoms with Crippen LogP contribution in [0.1, 0.15) is 19.4 Å². The fraction of sp³-hybridized carbons (Fsp3) is 0.417. The van der Waals surface area contributed by atoms with Crippen LogP contribution in [0.4, 0.5) is 5.69 Å². The van der Waals surface area contributed by atoms with Crippen molar-refractivity contribution in [1.29, 1.82) is 0 Å². The second-order valence-electron chi connectivity index (χ2n) is 4.73. The molecule has 1 aromatic carbocycles. The van der Waals surface area contributed by atoms with Crippen LogP contribution in [0.3, 0.4) is 0 Å². The number of halogens is 1. The average Bonchev–Trinajstić information content (AvgIpc) is 2.60. The molecule has 0 saturated carbocycles. The number of benzene rings is 1. The van der Waals surface area contributed by atoms with E-state index in [0.29, 0.717) is 11.4 Å². The van der Waals surface area contributed by atoms with E-state index in [0.717, 1.165) is 11.3 Å². The summed E-state index contributed by atoms with van der Waals surface area (Å²) in [6, 6.07) is 5.51. The zero-order chi connectivity index (χ0) is 11.9. The quantitative estimate of drug-likeness (QED) is 0.835. The minimum absolute atomic E-state index is 0.0848. The van der Waals surface area contributed by atoms with Gasteiger partial charge in [-0.2, -0.15) is 0 Å². The van der Waals surface area contributed by atoms with E-state index in [-0.39, 0.29) is 6.04 Å². The minimum atomic E-state index is -0.788. The third-order valence-corrected chi connectivity index (χ3v) is 3.48. The molecule has 1 aromatic rings. The van der Waals surface area contributed by atoms with E-state index in [4.69, 9.17) is 16.7 Å². The first-order valence-corrected chi connectivity index (χ1v) is 5.57. The molecule has 0 fully saturated rings. The minimum Gasteiger partial charge on any atom is -0.481 e. The normalized spacial score (nSPS) is 19.1. The highest BCUT2D eigenvalue weighted by Gasteiger charge is 2.40. The molecule has 0 spiro atoms. The SMILES string of the molecule is CC(C)(C(=O)O)C1Cc2cc(Cl)ccc2N1. The predicted octanol–water partition coefficient (Wildman–Crippen LogP) is 2.79. The fourth-order valence-corrected chi connectivity index (χ4v) is 2.11. The summed E-state index contributed by atoms with van der Waals surface area (Å²) in [6.07, 6.45) is 0.704. The molecule has 4 heteroatoms. The first kappa shape index (κ1) is 11.3. The lowest BCUT2D eigenvalue weighted by Gasteiger charge is -2.27. The highest BCUT2D eigenvalue weighted by molar-refractivity contribution is 6.30. The maximum absolute atomic E-state index is 11.2. The van der Waals surface area contributed by atoms with Crippen LogP contribution in [0.2, 0.25) is 5.02 Å². The van der Waals surface area contributed by atoms with Crippen LogP contribution in [0.5, 0.6) is 0 Å². The topological polar surface area (TPSA) is 49.3 Å². The number of hydrogen-bond acceptors (Lipinski definition) is 2. The van der Waals surface area contributed by atoms with Crippen molar-refractivity contribution in [2.75, 3.05) is 5.32 Å². The molecule has 1 atom stereocenters. The van der Waals surface area contributed by atoms with Crippen LogP contribution in [-0.2, 0) is 11.2 Å². The Kier molecular flexibility index (Phi) is 2.58. The maximum atomic E-state index is 11.2. The van der Waals surface area contributed by atoms with Gasteiger partial charge in [-0.25, -0.2) is 0 Å². The molecule has 2 N–H and O–H groups in total. The molecular formula is C12H14ClNO2. The zero-order valence-electron chi connectivity index (χ0n) is 9.25. The molecule has 16 heavy (non-hydrogen) atoms. The van der Waals surface area contributed by atoms with Crippen molar-refractivity contribution in [2.45, 2.75) is 26.3 Å². The van der Waals surface area contributed by atoms with E-state index in [1.165, 1.54) is 0 Å². The highest BCUT2D eigenvalue weighted by Crippen LogP contribution is 2.36. The fourth-order valence-electron chi connectivity index (χ4n) is 1.92. The van der Waals surface area contributed by atoms with Gasteiger partial charge in [-0.3, -0.25) is 4.79 Å². The molecule has 0 saturated heterocycles. The van der Waals surface area contributed by atoms with Crippen molar-refractivity contribution in [2.24, 2.45) is 5.41 Å². The molecule has 1 unspecified atom stereocenters. The Morgan fingerprint density at radius 2 is 2.25 bits per heavy atom. The van der Waals surface area contributed by atoms with E-state index in [2.05, 4.69) is 5.32 Å². The summed E-state index contributed by atoms with van der Waals surface area (Å²) >= 11 is 5.90. The Balaban J connectivity index is 2.26. The molecule has 0 amide bonds. The number of anilines is 1. The lowest BCUT2D eigenvalue weighted by molar-refractivity contribution is -0.147. The Morgan fingerprint density at radius 1 is 1.56 bits per heavy atom. The van der Waals surface area contributed by atoms with Crippen molar-refractivity contribution >= 4 is 23.3 Å². The molecule has 1 heterocycles. The molecule has 0 aromatic heterocycles. The number of fused-ring (bicyclic) bond motifs is 1. The Bertz CT molecular complexity index is 443. The van der Waals surface area contributed by atoms with Gasteiger partial charge in [0.25, 0.3) is 0 Å². The highest BCUT2D eigenvalue weighted by atomic mass is 35.5. The van der Waals surface area contributed by atoms with Gasteiger partial charge in [0.1, 0.15) is 0 Å². The Morgan fingerprint density at radius 3 is 2.88 bits per heavy atom. The van der Waals surface area contributed by atoms with Gasteiger partial charge in [0.2, 0.25) is 0 Å². The van der Waals surface area contributed by atoms with Crippen molar-refractivity contribution in [3.63, 3.8) is 0 Å². The van der Waals surface area contributed by atoms with Crippen LogP contribution in [-0.4, -0.2) is 17.1 Å². The number of carbonyl (C=O) groups is 1. The molecule has 86 valence electrons. The number of rotatable bonds is 2. The zero-order valence-corrected chi connectivity index (χ0v) is 10.0. The standard InChI is InChI=1S/C12H14ClNO2/c1-12(2,11(15)16)10-6-7-5-8(13)3-4-9(7)14-10/h3-5,10,14H,6H2,1-2H3,(H,15,16). The number of aliphatic carboxylic acids is 1. The van der Waals surface area contributed by atoms with Crippen molar-refractivity contribution in [3.8, 4) is 0 Å². The van der Waals surface area contributed by atoms with Crippen LogP contribution < -0.4 is 5.32 Å². The predicted molar refractivity (Wildman–Crippen MR) is 64.0 cm³/mol. The van der Waals surface area contributed by atoms with Gasteiger partial charge < -0.3 is 10.4 Å². The average molecular weight is 240 g/mol. The van der Waals surface area contributed by atoms with Gasteiger partial charge in [0.05, 0.1) is 5.41 Å². The van der Waals surface area contributed by atoms with Gasteiger partial charge in [0, 0.05) is 16.8 Å². The lowest BCUT2D eigenvalue weighted by atomic mass is 9.83. The van der Waals surface area contributed by atoms with E-state index in [1.54, 1.807) is 13.8 Å². The summed E-state index contributed by atoms with van der Waals surface area (Å²) in [7, 11) is 0. The number of hydrogen-bond donors (Lipinski definition) is 2. The Labute approximate surface area is 99.4 Å². The van der Waals surface area contributed by atoms with Gasteiger partial charge >= 0.3 is 5.97 Å². The van der Waals surface area contributed by atoms with Crippen molar-refractivity contribution in [3.05, 3.63) is 28.8 Å². The molecule has 3 nitrogen and oxygen atoms in total. The number of nitrogens with one attached hydrogen (secondary N) is 1. The van der Waals surface area contributed by atoms with Crippen LogP contribution in [0.15, 0.2) is 18.2 Å². The molecule has 2 rings (SSSR count). The number of carboxylic acids is 1. The van der Waals surface area contributed by atoms with E-state index < -0.39 is 11.4 Å². The Hall–Kier alpha value is -1.22. The van der Waals surface area contributed by atoms with Crippen LogP contribution in [0.25, 0.3) is 0 Å². The molecule has 0 radical (unpaired) electrons. The largest absolute Gasteiger partial charge is 0.481 e. The molecule has 1 aliphatic heterocycles. The van der Waals surface area contributed by atoms with Crippen molar-refractivity contribution < 1.29 is 9.90 Å². The first-order valence-electron chi connectivity index (χ1n) is 5.19. The summed E-state index contributed by atoms with van der Waals surface area (Å²) in [5, 5.41) is 13.1. The third kappa shape index (κ3) is 1.76. The molecular weight excluding hydrogens is 226 g/mol. The molecule has 0 bridgehead atoms. The number of carboxylic acid groups (broad SMARTS) is 1. The van der Waals surface area contributed by atoms with Gasteiger partial charge in [-0.15, -0.1) is 0 Å². The van der Waals surface area contributed by atoms with E-state index in [9.17, 15) is 4.79 Å². The summed E-state index contributed by atoms with van der Waals surface area (Å²) in [5.74, 6) is -0.788. The summed E-state index contributed by atoms with van der Waals surface area (Å²) in [6.45, 7) is 3.47. The lowest BCUT2D eigenvalue weighted by Crippen LogP contribution is -2.41.